The van der Waals surface area contributed by atoms with E-state index in [-0.39, 0.29) is 24.2 Å². The average molecular weight is 375 g/mol. The van der Waals surface area contributed by atoms with Crippen molar-refractivity contribution < 1.29 is 19.2 Å². The fraction of sp³-hybridized carbons (Fsp3) is 0.615. The molecular weight excluding hydrogens is 356 g/mol. The van der Waals surface area contributed by atoms with Crippen LogP contribution in [0.1, 0.15) is 0 Å². The maximum atomic E-state index is 12.3. The molecule has 12 heteroatoms. The minimum atomic E-state index is -0.693. The Balaban J connectivity index is 0.00000225. The van der Waals surface area contributed by atoms with E-state index < -0.39 is 23.3 Å². The van der Waals surface area contributed by atoms with Gasteiger partial charge in [-0.1, -0.05) is 0 Å². The highest BCUT2D eigenvalue weighted by Crippen LogP contribution is 2.29. The second kappa shape index (κ2) is 7.76. The number of aromatic nitrogens is 2. The van der Waals surface area contributed by atoms with E-state index in [1.807, 2.05) is 0 Å². The highest BCUT2D eigenvalue weighted by molar-refractivity contribution is 5.89. The van der Waals surface area contributed by atoms with E-state index in [0.29, 0.717) is 19.8 Å². The Labute approximate surface area is 149 Å². The molecular formula is C13H19ClN6O5. The SMILES string of the molecule is C=NC1C(CN2CCOCC2)OC(=O)N1c1ncc([N+](=O)[O-])n1C.Cl. The Hall–Kier alpha value is -2.24. The first-order valence-corrected chi connectivity index (χ1v) is 7.45. The molecule has 0 aromatic carbocycles. The lowest BCUT2D eigenvalue weighted by atomic mass is 10.2. The number of nitro groups is 1. The molecule has 1 amide bonds. The zero-order chi connectivity index (χ0) is 17.3. The molecule has 2 saturated heterocycles. The van der Waals surface area contributed by atoms with Crippen molar-refractivity contribution in [3.63, 3.8) is 0 Å². The largest absolute Gasteiger partial charge is 0.440 e. The smallest absolute Gasteiger partial charge is 0.420 e. The molecule has 1 aromatic rings. The van der Waals surface area contributed by atoms with Gasteiger partial charge in [-0.3, -0.25) is 9.89 Å². The van der Waals surface area contributed by atoms with Gasteiger partial charge in [0.15, 0.2) is 12.3 Å². The van der Waals surface area contributed by atoms with Crippen molar-refractivity contribution in [2.75, 3.05) is 37.7 Å². The molecule has 25 heavy (non-hydrogen) atoms. The zero-order valence-corrected chi connectivity index (χ0v) is 14.4. The van der Waals surface area contributed by atoms with Crippen LogP contribution in [0.2, 0.25) is 0 Å². The summed E-state index contributed by atoms with van der Waals surface area (Å²) in [7, 11) is 1.46. The normalized spacial score (nSPS) is 23.9. The van der Waals surface area contributed by atoms with E-state index in [1.54, 1.807) is 0 Å². The van der Waals surface area contributed by atoms with Crippen LogP contribution in [0.25, 0.3) is 0 Å². The third-order valence-corrected chi connectivity index (χ3v) is 4.12. The summed E-state index contributed by atoms with van der Waals surface area (Å²) in [5.74, 6) is -0.120. The fourth-order valence-corrected chi connectivity index (χ4v) is 2.87. The van der Waals surface area contributed by atoms with Crippen molar-refractivity contribution >= 4 is 37.0 Å². The molecule has 0 bridgehead atoms. The van der Waals surface area contributed by atoms with E-state index >= 15 is 0 Å². The molecule has 2 aliphatic rings. The predicted octanol–water partition coefficient (Wildman–Crippen LogP) is 0.434. The molecule has 3 heterocycles. The molecule has 2 fully saturated rings. The van der Waals surface area contributed by atoms with Gasteiger partial charge < -0.3 is 19.6 Å². The van der Waals surface area contributed by atoms with E-state index in [2.05, 4.69) is 21.6 Å². The molecule has 2 atom stereocenters. The number of rotatable bonds is 5. The molecule has 0 aliphatic carbocycles. The third-order valence-electron chi connectivity index (χ3n) is 4.12. The number of aliphatic imine (C=N–C) groups is 1. The van der Waals surface area contributed by atoms with Gasteiger partial charge in [0.05, 0.1) is 20.3 Å². The molecule has 11 nitrogen and oxygen atoms in total. The minimum Gasteiger partial charge on any atom is -0.440 e. The summed E-state index contributed by atoms with van der Waals surface area (Å²) >= 11 is 0. The van der Waals surface area contributed by atoms with Gasteiger partial charge >= 0.3 is 17.9 Å². The number of carbonyl (C=O) groups is 1. The van der Waals surface area contributed by atoms with Crippen molar-refractivity contribution in [1.82, 2.24) is 14.5 Å². The van der Waals surface area contributed by atoms with Crippen LogP contribution >= 0.6 is 12.4 Å². The fourth-order valence-electron chi connectivity index (χ4n) is 2.87. The highest BCUT2D eigenvalue weighted by atomic mass is 35.5. The lowest BCUT2D eigenvalue weighted by Gasteiger charge is -2.29. The Morgan fingerprint density at radius 3 is 2.72 bits per heavy atom. The summed E-state index contributed by atoms with van der Waals surface area (Å²) in [5, 5.41) is 11.0. The molecule has 2 aliphatic heterocycles. The zero-order valence-electron chi connectivity index (χ0n) is 13.6. The van der Waals surface area contributed by atoms with Gasteiger partial charge in [0.1, 0.15) is 6.20 Å². The van der Waals surface area contributed by atoms with Gasteiger partial charge in [0.25, 0.3) is 0 Å². The maximum absolute atomic E-state index is 12.3. The first kappa shape index (κ1) is 19.1. The Kier molecular flexibility index (Phi) is 5.93. The number of hydrogen-bond acceptors (Lipinski definition) is 8. The average Bonchev–Trinajstić information content (AvgIpc) is 3.07. The second-order valence-corrected chi connectivity index (χ2v) is 5.53. The number of carbonyl (C=O) groups excluding carboxylic acids is 1. The monoisotopic (exact) mass is 374 g/mol. The molecule has 3 rings (SSSR count). The highest BCUT2D eigenvalue weighted by Gasteiger charge is 2.46. The van der Waals surface area contributed by atoms with Crippen LogP contribution in [0.3, 0.4) is 0 Å². The summed E-state index contributed by atoms with van der Waals surface area (Å²) in [6.07, 6.45) is -0.767. The first-order chi connectivity index (χ1) is 11.5. The molecule has 0 saturated carbocycles. The van der Waals surface area contributed by atoms with Gasteiger partial charge in [0.2, 0.25) is 0 Å². The van der Waals surface area contributed by atoms with Crippen molar-refractivity contribution in [3.8, 4) is 0 Å². The standard InChI is InChI=1S/C13H18N6O5.ClH/c1-14-11-9(8-17-3-5-23-6-4-17)24-13(20)18(11)12-15-7-10(16(12)2)19(21)22;/h7,9,11H,1,3-6,8H2,2H3;1H. The number of cyclic esters (lactones) is 1. The predicted molar refractivity (Wildman–Crippen MR) is 90.5 cm³/mol. The number of anilines is 1. The number of imidazole rings is 1. The van der Waals surface area contributed by atoms with Crippen LogP contribution in [0, 0.1) is 10.1 Å². The van der Waals surface area contributed by atoms with Crippen LogP contribution in [-0.4, -0.2) is 77.3 Å². The van der Waals surface area contributed by atoms with Crippen LogP contribution in [0.4, 0.5) is 16.6 Å². The Morgan fingerprint density at radius 2 is 2.16 bits per heavy atom. The van der Waals surface area contributed by atoms with E-state index in [4.69, 9.17) is 9.47 Å². The van der Waals surface area contributed by atoms with E-state index in [9.17, 15) is 14.9 Å². The van der Waals surface area contributed by atoms with Gasteiger partial charge in [0, 0.05) is 19.6 Å². The van der Waals surface area contributed by atoms with Crippen molar-refractivity contribution in [1.29, 1.82) is 0 Å². The van der Waals surface area contributed by atoms with Gasteiger partial charge in [-0.15, -0.1) is 12.4 Å². The maximum Gasteiger partial charge on any atom is 0.420 e. The lowest BCUT2D eigenvalue weighted by Crippen LogP contribution is -2.45. The van der Waals surface area contributed by atoms with Gasteiger partial charge in [-0.05, 0) is 11.6 Å². The summed E-state index contributed by atoms with van der Waals surface area (Å²) in [4.78, 5) is 33.9. The van der Waals surface area contributed by atoms with Crippen molar-refractivity contribution in [2.24, 2.45) is 12.0 Å². The van der Waals surface area contributed by atoms with Crippen molar-refractivity contribution in [3.05, 3.63) is 16.3 Å². The van der Waals surface area contributed by atoms with E-state index in [0.717, 1.165) is 19.3 Å². The Bertz CT molecular complexity index is 661. The Morgan fingerprint density at radius 1 is 1.48 bits per heavy atom. The molecule has 0 radical (unpaired) electrons. The van der Waals surface area contributed by atoms with Crippen LogP contribution in [0.5, 0.6) is 0 Å². The quantitative estimate of drug-likeness (QED) is 0.417. The number of nitrogens with zero attached hydrogens (tertiary/aromatic N) is 6. The number of ether oxygens (including phenoxy) is 2. The summed E-state index contributed by atoms with van der Waals surface area (Å²) in [5.41, 5.74) is 0. The lowest BCUT2D eigenvalue weighted by molar-refractivity contribution is -0.391. The van der Waals surface area contributed by atoms with Gasteiger partial charge in [-0.25, -0.2) is 4.79 Å². The van der Waals surface area contributed by atoms with Crippen LogP contribution in [-0.2, 0) is 16.5 Å². The van der Waals surface area contributed by atoms with Gasteiger partial charge in [-0.2, -0.15) is 14.5 Å². The second-order valence-electron chi connectivity index (χ2n) is 5.53. The summed E-state index contributed by atoms with van der Waals surface area (Å²) < 4.78 is 11.9. The van der Waals surface area contributed by atoms with Crippen LogP contribution < -0.4 is 4.90 Å². The van der Waals surface area contributed by atoms with E-state index in [1.165, 1.54) is 16.5 Å². The molecule has 138 valence electrons. The molecule has 2 unspecified atom stereocenters. The van der Waals surface area contributed by atoms with Crippen molar-refractivity contribution in [2.45, 2.75) is 12.3 Å². The van der Waals surface area contributed by atoms with Crippen LogP contribution in [0.15, 0.2) is 11.2 Å². The topological polar surface area (TPSA) is 115 Å². The molecule has 0 N–H and O–H groups in total. The third kappa shape index (κ3) is 3.57. The molecule has 1 aromatic heterocycles. The first-order valence-electron chi connectivity index (χ1n) is 7.45. The number of amides is 1. The number of hydrogen-bond donors (Lipinski definition) is 0. The minimum absolute atomic E-state index is 0. The number of morpholine rings is 1. The summed E-state index contributed by atoms with van der Waals surface area (Å²) in [6.45, 7) is 6.76. The number of halogens is 1. The molecule has 0 spiro atoms. The summed E-state index contributed by atoms with van der Waals surface area (Å²) in [6, 6.07) is 0.